The molecule has 0 aliphatic heterocycles. The Morgan fingerprint density at radius 2 is 0.850 bits per heavy atom. The van der Waals surface area contributed by atoms with Gasteiger partial charge in [0.2, 0.25) is 0 Å². The molecule has 0 amide bonds. The second-order valence-corrected chi connectivity index (χ2v) is 16.5. The Hall–Kier alpha value is -7.62. The van der Waals surface area contributed by atoms with Gasteiger partial charge in [0.25, 0.3) is 0 Å². The Balaban J connectivity index is 1.01. The number of benzene rings is 9. The molecule has 0 saturated heterocycles. The summed E-state index contributed by atoms with van der Waals surface area (Å²) in [6.45, 7) is 4.68. The minimum Gasteiger partial charge on any atom is -0.455 e. The molecule has 0 spiro atoms. The Kier molecular flexibility index (Phi) is 7.58. The molecule has 0 N–H and O–H groups in total. The quantitative estimate of drug-likeness (QED) is 0.169. The van der Waals surface area contributed by atoms with Crippen LogP contribution in [0.25, 0.3) is 88.4 Å². The molecule has 3 nitrogen and oxygen atoms in total. The lowest BCUT2D eigenvalue weighted by Gasteiger charge is -2.28. The van der Waals surface area contributed by atoms with Crippen molar-refractivity contribution in [2.24, 2.45) is 0 Å². The predicted octanol–water partition coefficient (Wildman–Crippen LogP) is 16.3. The largest absolute Gasteiger partial charge is 0.455 e. The number of fused-ring (bicyclic) bond motifs is 9. The fourth-order valence-electron chi connectivity index (χ4n) is 9.64. The van der Waals surface area contributed by atoms with Gasteiger partial charge in [-0.05, 0) is 92.5 Å². The van der Waals surface area contributed by atoms with Crippen LogP contribution in [0.5, 0.6) is 0 Å². The van der Waals surface area contributed by atoms with Crippen molar-refractivity contribution in [3.63, 3.8) is 0 Å². The van der Waals surface area contributed by atoms with Gasteiger partial charge in [-0.1, -0.05) is 172 Å². The topological polar surface area (TPSA) is 29.5 Å². The molecule has 9 aromatic carbocycles. The van der Waals surface area contributed by atoms with Crippen LogP contribution in [0.15, 0.2) is 209 Å². The number of hydrogen-bond acceptors (Lipinski definition) is 3. The first-order chi connectivity index (χ1) is 29.5. The normalized spacial score (nSPS) is 13.0. The molecule has 3 heteroatoms. The number of furan rings is 2. The van der Waals surface area contributed by atoms with Gasteiger partial charge in [-0.2, -0.15) is 0 Å². The van der Waals surface area contributed by atoms with Gasteiger partial charge >= 0.3 is 0 Å². The molecule has 11 aromatic rings. The van der Waals surface area contributed by atoms with Gasteiger partial charge in [-0.15, -0.1) is 0 Å². The molecular weight excluding hydrogens is 731 g/mol. The smallest absolute Gasteiger partial charge is 0.159 e. The Morgan fingerprint density at radius 3 is 1.53 bits per heavy atom. The van der Waals surface area contributed by atoms with Crippen molar-refractivity contribution in [3.05, 3.63) is 211 Å². The van der Waals surface area contributed by atoms with Gasteiger partial charge in [0, 0.05) is 43.9 Å². The second-order valence-electron chi connectivity index (χ2n) is 16.5. The molecule has 0 unspecified atom stereocenters. The van der Waals surface area contributed by atoms with Crippen molar-refractivity contribution in [1.82, 2.24) is 0 Å². The van der Waals surface area contributed by atoms with E-state index in [9.17, 15) is 0 Å². The zero-order chi connectivity index (χ0) is 40.0. The van der Waals surface area contributed by atoms with Gasteiger partial charge in [-0.3, -0.25) is 0 Å². The molecule has 60 heavy (non-hydrogen) atoms. The maximum atomic E-state index is 6.99. The minimum atomic E-state index is -0.147. The molecule has 284 valence electrons. The fraction of sp³-hybridized carbons (Fsp3) is 0.0526. The highest BCUT2D eigenvalue weighted by Gasteiger charge is 2.36. The van der Waals surface area contributed by atoms with Crippen LogP contribution in [0, 0.1) is 0 Å². The van der Waals surface area contributed by atoms with Crippen LogP contribution in [0.1, 0.15) is 25.0 Å². The van der Waals surface area contributed by atoms with Crippen molar-refractivity contribution >= 4 is 60.9 Å². The number of para-hydroxylation sites is 2. The molecule has 0 atom stereocenters. The second kappa shape index (κ2) is 13.2. The summed E-state index contributed by atoms with van der Waals surface area (Å²) in [5.74, 6) is 0. The van der Waals surface area contributed by atoms with Crippen LogP contribution in [-0.2, 0) is 5.41 Å². The summed E-state index contributed by atoms with van der Waals surface area (Å²) in [4.78, 5) is 2.36. The molecule has 2 aromatic heterocycles. The van der Waals surface area contributed by atoms with Gasteiger partial charge in [0.05, 0.1) is 5.69 Å². The number of hydrogen-bond donors (Lipinski definition) is 0. The summed E-state index contributed by atoms with van der Waals surface area (Å²) in [7, 11) is 0. The molecule has 1 aliphatic rings. The lowest BCUT2D eigenvalue weighted by atomic mass is 9.82. The first kappa shape index (κ1) is 34.4. The van der Waals surface area contributed by atoms with E-state index >= 15 is 0 Å². The standard InChI is InChI=1S/C57H39NO2/c1-57(2)50-21-10-9-17-44(50)45-32-31-42(33-51(45)57)58(41-29-27-39(28-30-41)38-25-23-37(24-26-38)36-13-5-3-6-14-36)52-22-12-20-47-49-35-53-48(34-54(49)60-56(47)52)46-19-11-18-43(55(46)59-53)40-15-7-4-8-16-40/h3-35H,1-2H3. The van der Waals surface area contributed by atoms with Crippen molar-refractivity contribution in [3.8, 4) is 44.5 Å². The van der Waals surface area contributed by atoms with E-state index in [1.54, 1.807) is 0 Å². The molecule has 12 rings (SSSR count). The maximum Gasteiger partial charge on any atom is 0.159 e. The van der Waals surface area contributed by atoms with E-state index in [1.165, 1.54) is 38.9 Å². The van der Waals surface area contributed by atoms with E-state index in [2.05, 4.69) is 213 Å². The highest BCUT2D eigenvalue weighted by Crippen LogP contribution is 2.51. The highest BCUT2D eigenvalue weighted by molar-refractivity contribution is 6.18. The first-order valence-electron chi connectivity index (χ1n) is 20.7. The van der Waals surface area contributed by atoms with Crippen LogP contribution in [0.3, 0.4) is 0 Å². The number of anilines is 3. The average molecular weight is 770 g/mol. The predicted molar refractivity (Wildman–Crippen MR) is 250 cm³/mol. The van der Waals surface area contributed by atoms with Crippen LogP contribution >= 0.6 is 0 Å². The molecule has 0 radical (unpaired) electrons. The molecule has 0 fully saturated rings. The van der Waals surface area contributed by atoms with E-state index in [1.807, 2.05) is 6.07 Å². The van der Waals surface area contributed by atoms with Crippen LogP contribution in [0.2, 0.25) is 0 Å². The van der Waals surface area contributed by atoms with Crippen LogP contribution < -0.4 is 4.90 Å². The molecule has 1 aliphatic carbocycles. The maximum absolute atomic E-state index is 6.99. The zero-order valence-corrected chi connectivity index (χ0v) is 33.3. The monoisotopic (exact) mass is 769 g/mol. The van der Waals surface area contributed by atoms with Crippen molar-refractivity contribution in [2.45, 2.75) is 19.3 Å². The highest BCUT2D eigenvalue weighted by atomic mass is 16.3. The molecule has 0 bridgehead atoms. The Bertz CT molecular complexity index is 3430. The van der Waals surface area contributed by atoms with Gasteiger partial charge < -0.3 is 13.7 Å². The van der Waals surface area contributed by atoms with Gasteiger partial charge in [0.1, 0.15) is 16.7 Å². The summed E-state index contributed by atoms with van der Waals surface area (Å²) >= 11 is 0. The van der Waals surface area contributed by atoms with E-state index in [0.717, 1.165) is 77.6 Å². The first-order valence-corrected chi connectivity index (χ1v) is 20.7. The van der Waals surface area contributed by atoms with Gasteiger partial charge in [0.15, 0.2) is 5.58 Å². The summed E-state index contributed by atoms with van der Waals surface area (Å²) in [6, 6.07) is 71.7. The third-order valence-electron chi connectivity index (χ3n) is 12.7. The minimum absolute atomic E-state index is 0.147. The van der Waals surface area contributed by atoms with Crippen LogP contribution in [-0.4, -0.2) is 0 Å². The van der Waals surface area contributed by atoms with E-state index < -0.39 is 0 Å². The number of nitrogens with zero attached hydrogens (tertiary/aromatic N) is 1. The van der Waals surface area contributed by atoms with Crippen molar-refractivity contribution in [1.29, 1.82) is 0 Å². The van der Waals surface area contributed by atoms with E-state index in [-0.39, 0.29) is 5.41 Å². The Morgan fingerprint density at radius 1 is 0.350 bits per heavy atom. The fourth-order valence-corrected chi connectivity index (χ4v) is 9.64. The molecular formula is C57H39NO2. The third-order valence-corrected chi connectivity index (χ3v) is 12.7. The zero-order valence-electron chi connectivity index (χ0n) is 33.3. The summed E-state index contributed by atoms with van der Waals surface area (Å²) < 4.78 is 13.7. The van der Waals surface area contributed by atoms with E-state index in [0.29, 0.717) is 0 Å². The lowest BCUT2D eigenvalue weighted by molar-refractivity contribution is 0.660. The van der Waals surface area contributed by atoms with Gasteiger partial charge in [-0.25, -0.2) is 0 Å². The number of rotatable bonds is 6. The van der Waals surface area contributed by atoms with Crippen molar-refractivity contribution in [2.75, 3.05) is 4.90 Å². The molecule has 2 heterocycles. The Labute approximate surface area is 348 Å². The van der Waals surface area contributed by atoms with Crippen molar-refractivity contribution < 1.29 is 8.83 Å². The lowest BCUT2D eigenvalue weighted by Crippen LogP contribution is -2.16. The summed E-state index contributed by atoms with van der Waals surface area (Å²) in [5.41, 5.74) is 18.6. The summed E-state index contributed by atoms with van der Waals surface area (Å²) in [5, 5.41) is 4.19. The van der Waals surface area contributed by atoms with Crippen LogP contribution in [0.4, 0.5) is 17.1 Å². The average Bonchev–Trinajstić information content (AvgIpc) is 3.93. The SMILES string of the molecule is CC1(C)c2ccccc2-c2ccc(N(c3ccc(-c4ccc(-c5ccccc5)cc4)cc3)c3cccc4c3oc3cc5c(cc34)oc3c(-c4ccccc4)cccc35)cc21. The molecule has 0 saturated carbocycles. The summed E-state index contributed by atoms with van der Waals surface area (Å²) in [6.07, 6.45) is 0. The third kappa shape index (κ3) is 5.29. The van der Waals surface area contributed by atoms with E-state index in [4.69, 9.17) is 8.83 Å².